The first-order valence-corrected chi connectivity index (χ1v) is 7.54. The summed E-state index contributed by atoms with van der Waals surface area (Å²) in [5.41, 5.74) is 4.37. The Balaban J connectivity index is 2.07. The number of methoxy groups -OCH3 is 3. The van der Waals surface area contributed by atoms with E-state index in [0.717, 1.165) is 11.3 Å². The van der Waals surface area contributed by atoms with Gasteiger partial charge in [0.25, 0.3) is 0 Å². The average molecular weight is 345 g/mol. The summed E-state index contributed by atoms with van der Waals surface area (Å²) in [5.74, 6) is 1.62. The number of nitrogens with zero attached hydrogens (tertiary/aromatic N) is 1. The summed E-state index contributed by atoms with van der Waals surface area (Å²) in [6.07, 6.45) is 1.60. The van der Waals surface area contributed by atoms with Gasteiger partial charge < -0.3 is 19.5 Å². The van der Waals surface area contributed by atoms with Gasteiger partial charge in [0.1, 0.15) is 0 Å². The number of para-hydroxylation sites is 1. The number of thiocarbonyl (C=S) groups is 1. The molecular formula is C17H19N3O3S. The van der Waals surface area contributed by atoms with Crippen LogP contribution in [0.2, 0.25) is 0 Å². The Morgan fingerprint density at radius 2 is 1.67 bits per heavy atom. The van der Waals surface area contributed by atoms with Crippen LogP contribution in [0.1, 0.15) is 5.56 Å². The number of hydrogen-bond donors (Lipinski definition) is 2. The van der Waals surface area contributed by atoms with E-state index >= 15 is 0 Å². The Kier molecular flexibility index (Phi) is 6.39. The standard InChI is InChI=1S/C17H19N3O3S/c1-21-14-10-9-12(15(22-2)16(14)23-3)11-18-20-17(24)19-13-7-5-4-6-8-13/h4-11H,1-3H3,(H2,19,20,24)/b18-11-. The number of benzene rings is 2. The second-order valence-electron chi connectivity index (χ2n) is 4.61. The molecule has 2 rings (SSSR count). The summed E-state index contributed by atoms with van der Waals surface area (Å²) in [5, 5.41) is 7.54. The van der Waals surface area contributed by atoms with Crippen molar-refractivity contribution in [2.24, 2.45) is 5.10 Å². The maximum absolute atomic E-state index is 5.39. The first-order chi connectivity index (χ1) is 11.7. The predicted octanol–water partition coefficient (Wildman–Crippen LogP) is 3.03. The molecule has 0 saturated carbocycles. The summed E-state index contributed by atoms with van der Waals surface area (Å²) in [6, 6.07) is 13.2. The van der Waals surface area contributed by atoms with Crippen LogP contribution < -0.4 is 25.0 Å². The second kappa shape index (κ2) is 8.73. The molecule has 0 spiro atoms. The smallest absolute Gasteiger partial charge is 0.203 e. The molecule has 0 radical (unpaired) electrons. The van der Waals surface area contributed by atoms with Crippen molar-refractivity contribution in [2.75, 3.05) is 26.6 Å². The zero-order valence-electron chi connectivity index (χ0n) is 13.7. The van der Waals surface area contributed by atoms with Crippen LogP contribution in [-0.2, 0) is 0 Å². The second-order valence-corrected chi connectivity index (χ2v) is 5.02. The first-order valence-electron chi connectivity index (χ1n) is 7.13. The van der Waals surface area contributed by atoms with Gasteiger partial charge in [-0.25, -0.2) is 0 Å². The van der Waals surface area contributed by atoms with Crippen molar-refractivity contribution in [3.8, 4) is 17.2 Å². The van der Waals surface area contributed by atoms with Gasteiger partial charge in [-0.05, 0) is 36.5 Å². The topological polar surface area (TPSA) is 64.1 Å². The summed E-state index contributed by atoms with van der Waals surface area (Å²) in [7, 11) is 4.68. The Bertz CT molecular complexity index is 721. The van der Waals surface area contributed by atoms with Gasteiger partial charge >= 0.3 is 0 Å². The molecule has 0 atom stereocenters. The monoisotopic (exact) mass is 345 g/mol. The Morgan fingerprint density at radius 3 is 2.29 bits per heavy atom. The molecule has 6 nitrogen and oxygen atoms in total. The van der Waals surface area contributed by atoms with E-state index in [9.17, 15) is 0 Å². The van der Waals surface area contributed by atoms with Gasteiger partial charge in [0, 0.05) is 11.3 Å². The van der Waals surface area contributed by atoms with E-state index in [-0.39, 0.29) is 0 Å². The van der Waals surface area contributed by atoms with Crippen molar-refractivity contribution in [1.29, 1.82) is 0 Å². The molecular weight excluding hydrogens is 326 g/mol. The molecule has 2 N–H and O–H groups in total. The normalized spacial score (nSPS) is 10.3. The summed E-state index contributed by atoms with van der Waals surface area (Å²) < 4.78 is 16.0. The van der Waals surface area contributed by atoms with Gasteiger partial charge in [0.2, 0.25) is 5.75 Å². The van der Waals surface area contributed by atoms with Crippen LogP contribution in [0, 0.1) is 0 Å². The largest absolute Gasteiger partial charge is 0.493 e. The van der Waals surface area contributed by atoms with Gasteiger partial charge in [0.15, 0.2) is 16.6 Å². The molecule has 0 heterocycles. The van der Waals surface area contributed by atoms with E-state index in [1.54, 1.807) is 33.6 Å². The molecule has 0 unspecified atom stereocenters. The highest BCUT2D eigenvalue weighted by molar-refractivity contribution is 7.80. The fraction of sp³-hybridized carbons (Fsp3) is 0.176. The third kappa shape index (κ3) is 4.36. The predicted molar refractivity (Wildman–Crippen MR) is 99.5 cm³/mol. The molecule has 0 saturated heterocycles. The molecule has 24 heavy (non-hydrogen) atoms. The fourth-order valence-corrected chi connectivity index (χ4v) is 2.24. The third-order valence-corrected chi connectivity index (χ3v) is 3.33. The lowest BCUT2D eigenvalue weighted by atomic mass is 10.2. The van der Waals surface area contributed by atoms with E-state index in [1.807, 2.05) is 36.4 Å². The third-order valence-electron chi connectivity index (χ3n) is 3.14. The van der Waals surface area contributed by atoms with Gasteiger partial charge in [0.05, 0.1) is 27.5 Å². The van der Waals surface area contributed by atoms with Crippen LogP contribution in [0.4, 0.5) is 5.69 Å². The Morgan fingerprint density at radius 1 is 0.958 bits per heavy atom. The lowest BCUT2D eigenvalue weighted by molar-refractivity contribution is 0.324. The number of nitrogens with one attached hydrogen (secondary N) is 2. The van der Waals surface area contributed by atoms with E-state index in [4.69, 9.17) is 26.4 Å². The Labute approximate surface area is 146 Å². The van der Waals surface area contributed by atoms with E-state index in [2.05, 4.69) is 15.8 Å². The molecule has 126 valence electrons. The molecule has 2 aromatic rings. The maximum atomic E-state index is 5.39. The highest BCUT2D eigenvalue weighted by Crippen LogP contribution is 2.38. The van der Waals surface area contributed by atoms with Crippen LogP contribution in [0.3, 0.4) is 0 Å². The lowest BCUT2D eigenvalue weighted by Gasteiger charge is -2.13. The van der Waals surface area contributed by atoms with Gasteiger partial charge in [-0.2, -0.15) is 5.10 Å². The number of anilines is 1. The van der Waals surface area contributed by atoms with Crippen molar-refractivity contribution in [2.45, 2.75) is 0 Å². The number of ether oxygens (including phenoxy) is 3. The van der Waals surface area contributed by atoms with Crippen molar-refractivity contribution >= 4 is 29.2 Å². The number of hydrazone groups is 1. The highest BCUT2D eigenvalue weighted by Gasteiger charge is 2.14. The van der Waals surface area contributed by atoms with Crippen LogP contribution in [0.5, 0.6) is 17.2 Å². The van der Waals surface area contributed by atoms with E-state index in [0.29, 0.717) is 22.4 Å². The summed E-state index contributed by atoms with van der Waals surface area (Å²) in [4.78, 5) is 0. The molecule has 2 aromatic carbocycles. The van der Waals surface area contributed by atoms with Crippen LogP contribution >= 0.6 is 12.2 Å². The molecule has 0 aromatic heterocycles. The average Bonchev–Trinajstić information content (AvgIpc) is 2.61. The zero-order valence-corrected chi connectivity index (χ0v) is 14.5. The minimum Gasteiger partial charge on any atom is -0.493 e. The van der Waals surface area contributed by atoms with Gasteiger partial charge in [-0.1, -0.05) is 18.2 Å². The van der Waals surface area contributed by atoms with Crippen molar-refractivity contribution in [3.63, 3.8) is 0 Å². The first kappa shape index (κ1) is 17.6. The van der Waals surface area contributed by atoms with Crippen molar-refractivity contribution in [1.82, 2.24) is 5.43 Å². The van der Waals surface area contributed by atoms with Crippen LogP contribution in [0.15, 0.2) is 47.6 Å². The highest BCUT2D eigenvalue weighted by atomic mass is 32.1. The summed E-state index contributed by atoms with van der Waals surface area (Å²) in [6.45, 7) is 0. The van der Waals surface area contributed by atoms with Gasteiger partial charge in [-0.3, -0.25) is 5.43 Å². The lowest BCUT2D eigenvalue weighted by Crippen LogP contribution is -2.23. The Hall–Kier alpha value is -2.80. The molecule has 7 heteroatoms. The zero-order chi connectivity index (χ0) is 17.4. The molecule has 0 aliphatic rings. The maximum Gasteiger partial charge on any atom is 0.203 e. The van der Waals surface area contributed by atoms with E-state index < -0.39 is 0 Å². The van der Waals surface area contributed by atoms with Crippen LogP contribution in [-0.4, -0.2) is 32.7 Å². The van der Waals surface area contributed by atoms with E-state index in [1.165, 1.54) is 0 Å². The van der Waals surface area contributed by atoms with Crippen molar-refractivity contribution < 1.29 is 14.2 Å². The quantitative estimate of drug-likeness (QED) is 0.477. The SMILES string of the molecule is COc1ccc(/C=N\NC(=S)Nc2ccccc2)c(OC)c1OC. The number of rotatable bonds is 6. The fourth-order valence-electron chi connectivity index (χ4n) is 2.07. The van der Waals surface area contributed by atoms with Gasteiger partial charge in [-0.15, -0.1) is 0 Å². The number of hydrogen-bond acceptors (Lipinski definition) is 5. The minimum absolute atomic E-state index is 0.386. The van der Waals surface area contributed by atoms with Crippen LogP contribution in [0.25, 0.3) is 0 Å². The molecule has 0 bridgehead atoms. The summed E-state index contributed by atoms with van der Waals surface area (Å²) >= 11 is 5.19. The molecule has 0 fully saturated rings. The molecule has 0 aliphatic carbocycles. The molecule has 0 amide bonds. The molecule has 0 aliphatic heterocycles. The van der Waals surface area contributed by atoms with Crippen molar-refractivity contribution in [3.05, 3.63) is 48.0 Å². The minimum atomic E-state index is 0.386.